The molecule has 1 aromatic rings. The van der Waals surface area contributed by atoms with Crippen molar-refractivity contribution in [2.45, 2.75) is 36.4 Å². The van der Waals surface area contributed by atoms with Crippen LogP contribution in [0.25, 0.3) is 5.57 Å². The van der Waals surface area contributed by atoms with Crippen LogP contribution in [0, 0.1) is 0 Å². The lowest BCUT2D eigenvalue weighted by Crippen LogP contribution is -2.46. The number of allylic oxidation sites excluding steroid dienone is 1. The average molecular weight is 360 g/mol. The third-order valence-electron chi connectivity index (χ3n) is 4.40. The molecule has 1 fully saturated rings. The fraction of sp³-hybridized carbons (Fsp3) is 0.500. The maximum absolute atomic E-state index is 14.2. The fourth-order valence-electron chi connectivity index (χ4n) is 3.26. The number of piperidine rings is 1. The van der Waals surface area contributed by atoms with E-state index in [9.17, 15) is 21.6 Å². The molecule has 0 saturated carbocycles. The summed E-state index contributed by atoms with van der Waals surface area (Å²) >= 11 is 0. The van der Waals surface area contributed by atoms with Crippen LogP contribution in [0.1, 0.15) is 18.4 Å². The molecule has 0 amide bonds. The Morgan fingerprint density at radius 3 is 2.79 bits per heavy atom. The highest BCUT2D eigenvalue weighted by molar-refractivity contribution is 7.95. The molecule has 0 bridgehead atoms. The molecule has 24 heavy (non-hydrogen) atoms. The Bertz CT molecular complexity index is 765. The highest BCUT2D eigenvalue weighted by Crippen LogP contribution is 2.41. The van der Waals surface area contributed by atoms with Crippen molar-refractivity contribution in [1.82, 2.24) is 4.90 Å². The molecule has 0 unspecified atom stereocenters. The molecular formula is C16H19F3N2O2S. The minimum Gasteiger partial charge on any atom is -0.378 e. The molecule has 0 aromatic heterocycles. The molecule has 4 nitrogen and oxygen atoms in total. The van der Waals surface area contributed by atoms with E-state index < -0.39 is 34.9 Å². The number of sulfone groups is 1. The largest absolute Gasteiger partial charge is 0.378 e. The predicted molar refractivity (Wildman–Crippen MR) is 86.6 cm³/mol. The van der Waals surface area contributed by atoms with Gasteiger partial charge in [-0.05, 0) is 30.7 Å². The van der Waals surface area contributed by atoms with E-state index >= 15 is 0 Å². The number of alkyl halides is 3. The summed E-state index contributed by atoms with van der Waals surface area (Å²) in [4.78, 5) is 1.85. The van der Waals surface area contributed by atoms with Crippen LogP contribution in [0.5, 0.6) is 0 Å². The molecule has 0 aliphatic carbocycles. The minimum absolute atomic E-state index is 0.0215. The van der Waals surface area contributed by atoms with Gasteiger partial charge in [0.05, 0.1) is 11.7 Å². The number of hydrogen-bond donors (Lipinski definition) is 1. The third-order valence-corrected chi connectivity index (χ3v) is 6.01. The van der Waals surface area contributed by atoms with Gasteiger partial charge < -0.3 is 10.2 Å². The molecule has 1 aromatic carbocycles. The van der Waals surface area contributed by atoms with Crippen molar-refractivity contribution in [3.05, 3.63) is 29.2 Å². The van der Waals surface area contributed by atoms with Gasteiger partial charge in [-0.2, -0.15) is 0 Å². The number of nitrogens with zero attached hydrogens (tertiary/aromatic N) is 1. The number of halogens is 3. The standard InChI is InChI=1S/C16H19F3N2O2S/c1-21-6-5-13(12(17)8-21)20-14-4-2-3-11-10(7-15(18)19)9-24(22,23)16(11)14/h2-4,9,12-13,15,20H,5-8H2,1H3/t12-,13+/m0/s1. The van der Waals surface area contributed by atoms with Crippen LogP contribution in [0.3, 0.4) is 0 Å². The average Bonchev–Trinajstić information content (AvgIpc) is 2.73. The number of likely N-dealkylation sites (tertiary alicyclic amines) is 1. The second-order valence-electron chi connectivity index (χ2n) is 6.28. The lowest BCUT2D eigenvalue weighted by atomic mass is 10.0. The van der Waals surface area contributed by atoms with Crippen molar-refractivity contribution in [2.75, 3.05) is 25.5 Å². The fourth-order valence-corrected chi connectivity index (χ4v) is 4.92. The molecule has 0 spiro atoms. The summed E-state index contributed by atoms with van der Waals surface area (Å²) in [5, 5.41) is 3.88. The van der Waals surface area contributed by atoms with E-state index in [0.29, 0.717) is 13.0 Å². The van der Waals surface area contributed by atoms with E-state index in [1.54, 1.807) is 12.1 Å². The summed E-state index contributed by atoms with van der Waals surface area (Å²) in [7, 11) is -1.97. The number of nitrogens with one attached hydrogen (secondary N) is 1. The van der Waals surface area contributed by atoms with Crippen LogP contribution in [0.15, 0.2) is 28.5 Å². The van der Waals surface area contributed by atoms with Gasteiger partial charge in [-0.15, -0.1) is 0 Å². The monoisotopic (exact) mass is 360 g/mol. The Labute approximate surface area is 139 Å². The first-order chi connectivity index (χ1) is 11.3. The maximum atomic E-state index is 14.2. The number of hydrogen-bond acceptors (Lipinski definition) is 4. The first-order valence-electron chi connectivity index (χ1n) is 7.74. The van der Waals surface area contributed by atoms with Crippen molar-refractivity contribution in [2.24, 2.45) is 0 Å². The van der Waals surface area contributed by atoms with E-state index in [4.69, 9.17) is 0 Å². The lowest BCUT2D eigenvalue weighted by molar-refractivity contribution is 0.149. The van der Waals surface area contributed by atoms with Gasteiger partial charge in [0.25, 0.3) is 0 Å². The number of benzene rings is 1. The molecule has 2 aliphatic rings. The minimum atomic E-state index is -3.80. The molecule has 132 valence electrons. The zero-order valence-corrected chi connectivity index (χ0v) is 14.0. The van der Waals surface area contributed by atoms with Gasteiger partial charge >= 0.3 is 0 Å². The van der Waals surface area contributed by atoms with Crippen LogP contribution >= 0.6 is 0 Å². The van der Waals surface area contributed by atoms with Crippen molar-refractivity contribution >= 4 is 21.1 Å². The first-order valence-corrected chi connectivity index (χ1v) is 9.29. The summed E-state index contributed by atoms with van der Waals surface area (Å²) in [5.74, 6) is 0. The van der Waals surface area contributed by atoms with Crippen molar-refractivity contribution in [3.8, 4) is 0 Å². The number of rotatable bonds is 4. The van der Waals surface area contributed by atoms with Crippen LogP contribution in [-0.2, 0) is 9.84 Å². The zero-order valence-electron chi connectivity index (χ0n) is 13.2. The van der Waals surface area contributed by atoms with Gasteiger partial charge in [-0.25, -0.2) is 21.6 Å². The van der Waals surface area contributed by atoms with Crippen LogP contribution in [0.2, 0.25) is 0 Å². The summed E-state index contributed by atoms with van der Waals surface area (Å²) in [6.07, 6.45) is -3.83. The smallest absolute Gasteiger partial charge is 0.242 e. The van der Waals surface area contributed by atoms with Gasteiger partial charge in [0, 0.05) is 24.9 Å². The van der Waals surface area contributed by atoms with E-state index in [-0.39, 0.29) is 28.3 Å². The Kier molecular flexibility index (Phi) is 4.61. The van der Waals surface area contributed by atoms with Gasteiger partial charge in [-0.1, -0.05) is 12.1 Å². The van der Waals surface area contributed by atoms with Crippen LogP contribution < -0.4 is 5.32 Å². The first kappa shape index (κ1) is 17.3. The number of anilines is 1. The highest BCUT2D eigenvalue weighted by atomic mass is 32.2. The Hall–Kier alpha value is -1.54. The molecule has 3 rings (SSSR count). The SMILES string of the molecule is CN1CC[C@@H](Nc2cccc3c2S(=O)(=O)C=C3CC(F)F)[C@@H](F)C1. The second kappa shape index (κ2) is 6.40. The van der Waals surface area contributed by atoms with Crippen molar-refractivity contribution in [3.63, 3.8) is 0 Å². The molecule has 0 radical (unpaired) electrons. The van der Waals surface area contributed by atoms with Crippen molar-refractivity contribution < 1.29 is 21.6 Å². The molecule has 2 heterocycles. The quantitative estimate of drug-likeness (QED) is 0.897. The molecule has 2 aliphatic heterocycles. The summed E-state index contributed by atoms with van der Waals surface area (Å²) in [6.45, 7) is 0.975. The number of fused-ring (bicyclic) bond motifs is 1. The zero-order chi connectivity index (χ0) is 17.5. The topological polar surface area (TPSA) is 49.4 Å². The highest BCUT2D eigenvalue weighted by Gasteiger charge is 2.33. The third kappa shape index (κ3) is 3.30. The summed E-state index contributed by atoms with van der Waals surface area (Å²) in [5.41, 5.74) is 0.665. The summed E-state index contributed by atoms with van der Waals surface area (Å²) < 4.78 is 64.3. The van der Waals surface area contributed by atoms with E-state index in [1.165, 1.54) is 6.07 Å². The molecule has 2 atom stereocenters. The molecule has 8 heteroatoms. The van der Waals surface area contributed by atoms with Gasteiger partial charge in [0.15, 0.2) is 0 Å². The van der Waals surface area contributed by atoms with Crippen molar-refractivity contribution in [1.29, 1.82) is 0 Å². The molecular weight excluding hydrogens is 341 g/mol. The molecule has 1 N–H and O–H groups in total. The Morgan fingerprint density at radius 1 is 1.38 bits per heavy atom. The Balaban J connectivity index is 1.92. The van der Waals surface area contributed by atoms with E-state index in [1.807, 2.05) is 11.9 Å². The van der Waals surface area contributed by atoms with Gasteiger partial charge in [0.1, 0.15) is 11.1 Å². The van der Waals surface area contributed by atoms with Crippen LogP contribution in [-0.4, -0.2) is 52.1 Å². The van der Waals surface area contributed by atoms with Gasteiger partial charge in [-0.3, -0.25) is 0 Å². The predicted octanol–water partition coefficient (Wildman–Crippen LogP) is 2.92. The normalized spacial score (nSPS) is 26.3. The van der Waals surface area contributed by atoms with E-state index in [2.05, 4.69) is 5.32 Å². The van der Waals surface area contributed by atoms with E-state index in [0.717, 1.165) is 5.41 Å². The molecule has 1 saturated heterocycles. The lowest BCUT2D eigenvalue weighted by Gasteiger charge is -2.33. The van der Waals surface area contributed by atoms with Gasteiger partial charge in [0.2, 0.25) is 16.3 Å². The van der Waals surface area contributed by atoms with Crippen LogP contribution in [0.4, 0.5) is 18.9 Å². The maximum Gasteiger partial charge on any atom is 0.242 e. The summed E-state index contributed by atoms with van der Waals surface area (Å²) in [6, 6.07) is 4.17. The second-order valence-corrected chi connectivity index (χ2v) is 8.02. The Morgan fingerprint density at radius 2 is 2.12 bits per heavy atom.